The van der Waals surface area contributed by atoms with Crippen molar-refractivity contribution in [2.24, 2.45) is 0 Å². The van der Waals surface area contributed by atoms with Gasteiger partial charge in [-0.15, -0.1) is 0 Å². The molecule has 2 aliphatic rings. The highest BCUT2D eigenvalue weighted by Gasteiger charge is 2.30. The molecule has 2 aromatic heterocycles. The predicted molar refractivity (Wildman–Crippen MR) is 110 cm³/mol. The largest absolute Gasteiger partial charge is 0.363 e. The van der Waals surface area contributed by atoms with Gasteiger partial charge in [0, 0.05) is 39.3 Å². The van der Waals surface area contributed by atoms with Crippen LogP contribution in [0, 0.1) is 6.92 Å². The molecular formula is C21H30N6O. The Hall–Kier alpha value is -2.41. The highest BCUT2D eigenvalue weighted by molar-refractivity contribution is 5.94. The van der Waals surface area contributed by atoms with E-state index in [0.717, 1.165) is 44.1 Å². The topological polar surface area (TPSA) is 57.5 Å². The molecule has 4 heterocycles. The first-order valence-corrected chi connectivity index (χ1v) is 10.1. The van der Waals surface area contributed by atoms with Crippen LogP contribution in [0.2, 0.25) is 0 Å². The van der Waals surface area contributed by atoms with Gasteiger partial charge in [-0.25, -0.2) is 9.97 Å². The SMILES string of the molecule is Cc1nc(C2CCN(C)CC2)c2n1CCN(C(=O)c1ccc(N(C)C)nc1)C2. The van der Waals surface area contributed by atoms with Crippen LogP contribution in [0.25, 0.3) is 0 Å². The van der Waals surface area contributed by atoms with Gasteiger partial charge < -0.3 is 19.3 Å². The number of hydrogen-bond acceptors (Lipinski definition) is 5. The number of hydrogen-bond donors (Lipinski definition) is 0. The summed E-state index contributed by atoms with van der Waals surface area (Å²) < 4.78 is 2.31. The van der Waals surface area contributed by atoms with E-state index in [1.54, 1.807) is 6.20 Å². The van der Waals surface area contributed by atoms with Crippen molar-refractivity contribution in [3.63, 3.8) is 0 Å². The van der Waals surface area contributed by atoms with Gasteiger partial charge in [-0.3, -0.25) is 4.79 Å². The van der Waals surface area contributed by atoms with Crippen molar-refractivity contribution in [2.45, 2.75) is 38.8 Å². The average Bonchev–Trinajstić information content (AvgIpc) is 3.04. The number of rotatable bonds is 3. The molecule has 1 fully saturated rings. The Balaban J connectivity index is 1.54. The van der Waals surface area contributed by atoms with Crippen LogP contribution in [-0.2, 0) is 13.1 Å². The minimum Gasteiger partial charge on any atom is -0.363 e. The lowest BCUT2D eigenvalue weighted by Gasteiger charge is -2.32. The van der Waals surface area contributed by atoms with Gasteiger partial charge >= 0.3 is 0 Å². The molecule has 28 heavy (non-hydrogen) atoms. The summed E-state index contributed by atoms with van der Waals surface area (Å²) in [6.45, 7) is 6.48. The molecule has 0 N–H and O–H groups in total. The number of nitrogens with zero attached hydrogens (tertiary/aromatic N) is 6. The van der Waals surface area contributed by atoms with Crippen molar-refractivity contribution >= 4 is 11.7 Å². The van der Waals surface area contributed by atoms with E-state index in [9.17, 15) is 4.79 Å². The molecular weight excluding hydrogens is 352 g/mol. The second-order valence-corrected chi connectivity index (χ2v) is 8.25. The van der Waals surface area contributed by atoms with Crippen molar-refractivity contribution in [3.8, 4) is 0 Å². The Kier molecular flexibility index (Phi) is 5.10. The molecule has 0 saturated carbocycles. The highest BCUT2D eigenvalue weighted by Crippen LogP contribution is 2.32. The summed E-state index contributed by atoms with van der Waals surface area (Å²) in [6.07, 6.45) is 3.97. The van der Waals surface area contributed by atoms with E-state index in [1.807, 2.05) is 36.0 Å². The number of amides is 1. The number of fused-ring (bicyclic) bond motifs is 1. The molecule has 150 valence electrons. The zero-order valence-corrected chi connectivity index (χ0v) is 17.4. The molecule has 0 radical (unpaired) electrons. The lowest BCUT2D eigenvalue weighted by molar-refractivity contribution is 0.0708. The van der Waals surface area contributed by atoms with E-state index in [2.05, 4.69) is 28.4 Å². The smallest absolute Gasteiger partial charge is 0.255 e. The summed E-state index contributed by atoms with van der Waals surface area (Å²) in [6, 6.07) is 3.77. The number of aromatic nitrogens is 3. The maximum atomic E-state index is 13.1. The summed E-state index contributed by atoms with van der Waals surface area (Å²) in [5.74, 6) is 2.49. The fourth-order valence-corrected chi connectivity index (χ4v) is 4.32. The maximum absolute atomic E-state index is 13.1. The van der Waals surface area contributed by atoms with Crippen LogP contribution < -0.4 is 4.90 Å². The summed E-state index contributed by atoms with van der Waals surface area (Å²) in [5, 5.41) is 0. The Morgan fingerprint density at radius 1 is 1.14 bits per heavy atom. The maximum Gasteiger partial charge on any atom is 0.255 e. The van der Waals surface area contributed by atoms with Crippen molar-refractivity contribution in [2.75, 3.05) is 45.7 Å². The molecule has 1 saturated heterocycles. The fourth-order valence-electron chi connectivity index (χ4n) is 4.32. The predicted octanol–water partition coefficient (Wildman–Crippen LogP) is 2.12. The minimum absolute atomic E-state index is 0.0530. The number of imidazole rings is 1. The minimum atomic E-state index is 0.0530. The van der Waals surface area contributed by atoms with Crippen molar-refractivity contribution in [3.05, 3.63) is 41.1 Å². The van der Waals surface area contributed by atoms with Crippen LogP contribution in [0.15, 0.2) is 18.3 Å². The molecule has 7 nitrogen and oxygen atoms in total. The van der Waals surface area contributed by atoms with Gasteiger partial charge in [0.25, 0.3) is 5.91 Å². The zero-order chi connectivity index (χ0) is 19.8. The Bertz CT molecular complexity index is 849. The van der Waals surface area contributed by atoms with Crippen LogP contribution in [0.5, 0.6) is 0 Å². The van der Waals surface area contributed by atoms with E-state index in [1.165, 1.54) is 11.4 Å². The normalized spacial score (nSPS) is 18.2. The number of aryl methyl sites for hydroxylation is 1. The molecule has 4 rings (SSSR count). The molecule has 0 spiro atoms. The van der Waals surface area contributed by atoms with E-state index >= 15 is 0 Å². The average molecular weight is 383 g/mol. The number of pyridine rings is 1. The van der Waals surface area contributed by atoms with Gasteiger partial charge in [0.15, 0.2) is 0 Å². The Labute approximate surface area is 167 Å². The second kappa shape index (κ2) is 7.54. The summed E-state index contributed by atoms with van der Waals surface area (Å²) >= 11 is 0. The van der Waals surface area contributed by atoms with Gasteiger partial charge in [-0.1, -0.05) is 0 Å². The van der Waals surface area contributed by atoms with Gasteiger partial charge in [0.05, 0.1) is 23.5 Å². The molecule has 0 unspecified atom stereocenters. The van der Waals surface area contributed by atoms with Crippen LogP contribution >= 0.6 is 0 Å². The number of carbonyl (C=O) groups is 1. The fraction of sp³-hybridized carbons (Fsp3) is 0.571. The van der Waals surface area contributed by atoms with Crippen molar-refractivity contribution in [1.82, 2.24) is 24.3 Å². The van der Waals surface area contributed by atoms with E-state index < -0.39 is 0 Å². The Morgan fingerprint density at radius 2 is 1.89 bits per heavy atom. The molecule has 0 bridgehead atoms. The van der Waals surface area contributed by atoms with E-state index in [0.29, 0.717) is 24.6 Å². The van der Waals surface area contributed by atoms with Crippen LogP contribution in [0.4, 0.5) is 5.82 Å². The number of carbonyl (C=O) groups excluding carboxylic acids is 1. The van der Waals surface area contributed by atoms with E-state index in [-0.39, 0.29) is 5.91 Å². The molecule has 0 aliphatic carbocycles. The number of anilines is 1. The summed E-state index contributed by atoms with van der Waals surface area (Å²) in [7, 11) is 6.07. The standard InChI is InChI=1S/C21H30N6O/c1-15-23-20(16-7-9-25(4)10-8-16)18-14-26(11-12-27(15)18)21(28)17-5-6-19(22-13-17)24(2)3/h5-6,13,16H,7-12,14H2,1-4H3. The first-order valence-electron chi connectivity index (χ1n) is 10.1. The lowest BCUT2D eigenvalue weighted by Crippen LogP contribution is -2.39. The van der Waals surface area contributed by atoms with Gasteiger partial charge in [-0.2, -0.15) is 0 Å². The number of likely N-dealkylation sites (tertiary alicyclic amines) is 1. The lowest BCUT2D eigenvalue weighted by atomic mass is 9.92. The summed E-state index contributed by atoms with van der Waals surface area (Å²) in [4.78, 5) is 28.6. The highest BCUT2D eigenvalue weighted by atomic mass is 16.2. The second-order valence-electron chi connectivity index (χ2n) is 8.25. The molecule has 1 amide bonds. The Morgan fingerprint density at radius 3 is 2.54 bits per heavy atom. The van der Waals surface area contributed by atoms with Gasteiger partial charge in [-0.05, 0) is 52.0 Å². The third-order valence-corrected chi connectivity index (χ3v) is 6.07. The number of piperidine rings is 1. The molecule has 2 aliphatic heterocycles. The van der Waals surface area contributed by atoms with E-state index in [4.69, 9.17) is 4.98 Å². The monoisotopic (exact) mass is 382 g/mol. The first kappa shape index (κ1) is 18.9. The summed E-state index contributed by atoms with van der Waals surface area (Å²) in [5.41, 5.74) is 3.09. The van der Waals surface area contributed by atoms with Crippen molar-refractivity contribution < 1.29 is 4.79 Å². The first-order chi connectivity index (χ1) is 13.4. The molecule has 0 atom stereocenters. The van der Waals surface area contributed by atoms with Crippen LogP contribution in [-0.4, -0.2) is 71.0 Å². The quantitative estimate of drug-likeness (QED) is 0.814. The van der Waals surface area contributed by atoms with Gasteiger partial charge in [0.1, 0.15) is 11.6 Å². The van der Waals surface area contributed by atoms with Gasteiger partial charge in [0.2, 0.25) is 0 Å². The zero-order valence-electron chi connectivity index (χ0n) is 17.4. The molecule has 0 aromatic carbocycles. The molecule has 2 aromatic rings. The third-order valence-electron chi connectivity index (χ3n) is 6.07. The molecule has 7 heteroatoms. The van der Waals surface area contributed by atoms with Crippen LogP contribution in [0.3, 0.4) is 0 Å². The van der Waals surface area contributed by atoms with Crippen LogP contribution in [0.1, 0.15) is 46.3 Å². The third kappa shape index (κ3) is 3.51. The van der Waals surface area contributed by atoms with Crippen molar-refractivity contribution in [1.29, 1.82) is 0 Å².